The van der Waals surface area contributed by atoms with E-state index in [0.29, 0.717) is 34.1 Å². The smallest absolute Gasteiger partial charge is 0.336 e. The highest BCUT2D eigenvalue weighted by Gasteiger charge is 2.21. The van der Waals surface area contributed by atoms with Crippen molar-refractivity contribution < 1.29 is 19.4 Å². The number of fused-ring (bicyclic) bond motifs is 1. The number of benzene rings is 2. The molecule has 6 nitrogen and oxygen atoms in total. The van der Waals surface area contributed by atoms with Gasteiger partial charge in [-0.05, 0) is 36.5 Å². The number of carbonyl (C=O) groups is 1. The Labute approximate surface area is 168 Å². The minimum Gasteiger partial charge on any atom is -0.507 e. The van der Waals surface area contributed by atoms with Crippen LogP contribution in [0.3, 0.4) is 0 Å². The van der Waals surface area contributed by atoms with Gasteiger partial charge in [0.15, 0.2) is 0 Å². The molecule has 0 bridgehead atoms. The molecule has 2 aromatic carbocycles. The standard InChI is InChI=1S/C23H25NO5/c1-13(2)9-18(23(27)28)24-12-17-14(3)10-19-21(22(17)26)16(11-20(25)29-19)15-7-5-4-6-8-15/h4-8,10-11,13,18,24,26H,9,12H2,1-3H3,(H,27,28). The summed E-state index contributed by atoms with van der Waals surface area (Å²) in [5.41, 5.74) is 2.46. The van der Waals surface area contributed by atoms with E-state index in [-0.39, 0.29) is 18.2 Å². The summed E-state index contributed by atoms with van der Waals surface area (Å²) < 4.78 is 5.33. The SMILES string of the molecule is Cc1cc2oc(=O)cc(-c3ccccc3)c2c(O)c1CNC(CC(C)C)C(=O)O. The van der Waals surface area contributed by atoms with Gasteiger partial charge in [-0.15, -0.1) is 0 Å². The lowest BCUT2D eigenvalue weighted by atomic mass is 9.96. The summed E-state index contributed by atoms with van der Waals surface area (Å²) in [4.78, 5) is 23.6. The van der Waals surface area contributed by atoms with Gasteiger partial charge in [-0.3, -0.25) is 4.79 Å². The zero-order valence-corrected chi connectivity index (χ0v) is 16.7. The Bertz CT molecular complexity index is 1090. The minimum atomic E-state index is -0.924. The lowest BCUT2D eigenvalue weighted by Crippen LogP contribution is -2.37. The van der Waals surface area contributed by atoms with Crippen LogP contribution < -0.4 is 10.9 Å². The van der Waals surface area contributed by atoms with E-state index in [9.17, 15) is 19.8 Å². The molecular weight excluding hydrogens is 370 g/mol. The highest BCUT2D eigenvalue weighted by Crippen LogP contribution is 2.37. The van der Waals surface area contributed by atoms with Crippen molar-refractivity contribution in [2.45, 2.75) is 39.8 Å². The molecule has 29 heavy (non-hydrogen) atoms. The maximum absolute atomic E-state index is 12.1. The summed E-state index contributed by atoms with van der Waals surface area (Å²) in [6, 6.07) is 11.6. The van der Waals surface area contributed by atoms with Gasteiger partial charge in [0.25, 0.3) is 0 Å². The Morgan fingerprint density at radius 1 is 1.17 bits per heavy atom. The van der Waals surface area contributed by atoms with Crippen LogP contribution in [0.25, 0.3) is 22.1 Å². The summed E-state index contributed by atoms with van der Waals surface area (Å²) in [6.07, 6.45) is 0.479. The molecule has 3 N–H and O–H groups in total. The molecule has 0 saturated heterocycles. The van der Waals surface area contributed by atoms with Crippen molar-refractivity contribution in [2.75, 3.05) is 0 Å². The van der Waals surface area contributed by atoms with Crippen LogP contribution in [0, 0.1) is 12.8 Å². The van der Waals surface area contributed by atoms with Crippen molar-refractivity contribution in [1.82, 2.24) is 5.32 Å². The maximum Gasteiger partial charge on any atom is 0.336 e. The third kappa shape index (κ3) is 4.49. The van der Waals surface area contributed by atoms with Crippen molar-refractivity contribution in [2.24, 2.45) is 5.92 Å². The van der Waals surface area contributed by atoms with E-state index >= 15 is 0 Å². The first-order valence-corrected chi connectivity index (χ1v) is 9.58. The Morgan fingerprint density at radius 3 is 2.48 bits per heavy atom. The Kier molecular flexibility index (Phi) is 6.03. The number of carboxylic acids is 1. The van der Waals surface area contributed by atoms with Crippen molar-refractivity contribution in [3.63, 3.8) is 0 Å². The molecule has 0 amide bonds. The zero-order chi connectivity index (χ0) is 21.1. The monoisotopic (exact) mass is 395 g/mol. The van der Waals surface area contributed by atoms with Crippen LogP contribution in [0.1, 0.15) is 31.4 Å². The summed E-state index contributed by atoms with van der Waals surface area (Å²) in [5, 5.41) is 24.0. The largest absolute Gasteiger partial charge is 0.507 e. The van der Waals surface area contributed by atoms with Crippen molar-refractivity contribution in [3.05, 3.63) is 64.0 Å². The first-order chi connectivity index (χ1) is 13.8. The van der Waals surface area contributed by atoms with E-state index in [0.717, 1.165) is 5.56 Å². The first kappa shape index (κ1) is 20.6. The number of rotatable bonds is 7. The molecule has 3 aromatic rings. The molecule has 3 rings (SSSR count). The van der Waals surface area contributed by atoms with Crippen LogP contribution >= 0.6 is 0 Å². The molecule has 0 spiro atoms. The molecule has 1 heterocycles. The summed E-state index contributed by atoms with van der Waals surface area (Å²) in [5.74, 6) is -0.717. The number of carboxylic acid groups (broad SMARTS) is 1. The van der Waals surface area contributed by atoms with E-state index in [1.165, 1.54) is 6.07 Å². The topological polar surface area (TPSA) is 99.8 Å². The summed E-state index contributed by atoms with van der Waals surface area (Å²) in [7, 11) is 0. The van der Waals surface area contributed by atoms with Crippen LogP contribution in [0.4, 0.5) is 0 Å². The molecule has 1 aromatic heterocycles. The van der Waals surface area contributed by atoms with Crippen molar-refractivity contribution in [1.29, 1.82) is 0 Å². The van der Waals surface area contributed by atoms with E-state index in [1.807, 2.05) is 44.2 Å². The average molecular weight is 395 g/mol. The molecule has 0 aliphatic carbocycles. The Morgan fingerprint density at radius 2 is 1.86 bits per heavy atom. The molecule has 0 aliphatic heterocycles. The number of phenols is 1. The second-order valence-corrected chi connectivity index (χ2v) is 7.64. The van der Waals surface area contributed by atoms with Gasteiger partial charge in [0.1, 0.15) is 17.4 Å². The Hall–Kier alpha value is -3.12. The fourth-order valence-electron chi connectivity index (χ4n) is 3.52. The van der Waals surface area contributed by atoms with E-state index < -0.39 is 17.6 Å². The normalized spacial score (nSPS) is 12.4. The van der Waals surface area contributed by atoms with Gasteiger partial charge >= 0.3 is 11.6 Å². The number of nitrogens with one attached hydrogen (secondary N) is 1. The number of aryl methyl sites for hydroxylation is 1. The van der Waals surface area contributed by atoms with Gasteiger partial charge in [0.2, 0.25) is 0 Å². The molecular formula is C23H25NO5. The predicted molar refractivity (Wildman–Crippen MR) is 112 cm³/mol. The van der Waals surface area contributed by atoms with Crippen LogP contribution in [0.5, 0.6) is 5.75 Å². The highest BCUT2D eigenvalue weighted by molar-refractivity contribution is 5.98. The molecule has 0 radical (unpaired) electrons. The quantitative estimate of drug-likeness (QED) is 0.522. The van der Waals surface area contributed by atoms with Crippen LogP contribution in [0.2, 0.25) is 0 Å². The van der Waals surface area contributed by atoms with E-state index in [1.54, 1.807) is 13.0 Å². The van der Waals surface area contributed by atoms with Gasteiger partial charge in [-0.2, -0.15) is 0 Å². The fourth-order valence-corrected chi connectivity index (χ4v) is 3.52. The van der Waals surface area contributed by atoms with Crippen molar-refractivity contribution in [3.8, 4) is 16.9 Å². The second-order valence-electron chi connectivity index (χ2n) is 7.64. The molecule has 0 aliphatic rings. The highest BCUT2D eigenvalue weighted by atomic mass is 16.4. The van der Waals surface area contributed by atoms with E-state index in [2.05, 4.69) is 5.32 Å². The number of aliphatic carboxylic acids is 1. The third-order valence-electron chi connectivity index (χ3n) is 4.95. The molecule has 152 valence electrons. The van der Waals surface area contributed by atoms with E-state index in [4.69, 9.17) is 4.42 Å². The lowest BCUT2D eigenvalue weighted by Gasteiger charge is -2.19. The molecule has 0 fully saturated rings. The lowest BCUT2D eigenvalue weighted by molar-refractivity contribution is -0.140. The molecule has 6 heteroatoms. The van der Waals surface area contributed by atoms with Crippen molar-refractivity contribution >= 4 is 16.9 Å². The predicted octanol–water partition coefficient (Wildman–Crippen LogP) is 4.06. The molecule has 0 saturated carbocycles. The summed E-state index contributed by atoms with van der Waals surface area (Å²) >= 11 is 0. The van der Waals surface area contributed by atoms with Gasteiger partial charge in [0, 0.05) is 23.7 Å². The van der Waals surface area contributed by atoms with Gasteiger partial charge in [-0.25, -0.2) is 4.79 Å². The number of aromatic hydroxyl groups is 1. The summed E-state index contributed by atoms with van der Waals surface area (Å²) in [6.45, 7) is 5.91. The minimum absolute atomic E-state index is 0.0104. The average Bonchev–Trinajstić information content (AvgIpc) is 2.66. The number of hydrogen-bond acceptors (Lipinski definition) is 5. The van der Waals surface area contributed by atoms with Crippen LogP contribution in [-0.2, 0) is 11.3 Å². The van der Waals surface area contributed by atoms with Crippen LogP contribution in [-0.4, -0.2) is 22.2 Å². The maximum atomic E-state index is 12.1. The number of phenolic OH excluding ortho intramolecular Hbond substituents is 1. The van der Waals surface area contributed by atoms with Crippen LogP contribution in [0.15, 0.2) is 51.7 Å². The van der Waals surface area contributed by atoms with Gasteiger partial charge in [-0.1, -0.05) is 44.2 Å². The molecule has 1 unspecified atom stereocenters. The first-order valence-electron chi connectivity index (χ1n) is 9.58. The third-order valence-corrected chi connectivity index (χ3v) is 4.95. The van der Waals surface area contributed by atoms with Gasteiger partial charge in [0.05, 0.1) is 5.39 Å². The Balaban J connectivity index is 2.09. The number of hydrogen-bond donors (Lipinski definition) is 3. The zero-order valence-electron chi connectivity index (χ0n) is 16.7. The second kappa shape index (κ2) is 8.49. The molecule has 1 atom stereocenters. The van der Waals surface area contributed by atoms with Gasteiger partial charge < -0.3 is 19.9 Å². The fraction of sp³-hybridized carbons (Fsp3) is 0.304.